The first-order valence-electron chi connectivity index (χ1n) is 9.53. The smallest absolute Gasteiger partial charge is 0.338 e. The largest absolute Gasteiger partial charge is 0.496 e. The zero-order chi connectivity index (χ0) is 20.2. The number of para-hydroxylation sites is 1. The molecule has 0 fully saturated rings. The van der Waals surface area contributed by atoms with Crippen LogP contribution in [0, 0.1) is 0 Å². The molecule has 1 amide bonds. The van der Waals surface area contributed by atoms with Crippen molar-refractivity contribution < 1.29 is 19.1 Å². The number of hydrogen-bond acceptors (Lipinski definition) is 4. The Morgan fingerprint density at radius 3 is 2.46 bits per heavy atom. The number of methoxy groups -OCH3 is 1. The van der Waals surface area contributed by atoms with Gasteiger partial charge in [-0.3, -0.25) is 4.79 Å². The zero-order valence-corrected chi connectivity index (χ0v) is 16.4. The number of esters is 1. The number of unbranched alkanes of at least 4 members (excludes halogenated alkanes) is 3. The number of anilines is 1. The van der Waals surface area contributed by atoms with E-state index in [4.69, 9.17) is 9.47 Å². The lowest BCUT2D eigenvalue weighted by molar-refractivity contribution is -0.111. The average Bonchev–Trinajstić information content (AvgIpc) is 2.72. The lowest BCUT2D eigenvalue weighted by Gasteiger charge is -2.06. The Kier molecular flexibility index (Phi) is 8.79. The van der Waals surface area contributed by atoms with Gasteiger partial charge in [0.15, 0.2) is 0 Å². The topological polar surface area (TPSA) is 64.6 Å². The summed E-state index contributed by atoms with van der Waals surface area (Å²) >= 11 is 0. The van der Waals surface area contributed by atoms with Crippen LogP contribution in [0.25, 0.3) is 6.08 Å². The molecular weight excluding hydrogens is 354 g/mol. The molecule has 0 bridgehead atoms. The highest BCUT2D eigenvalue weighted by Crippen LogP contribution is 2.18. The van der Waals surface area contributed by atoms with Crippen LogP contribution in [0.1, 0.15) is 48.5 Å². The van der Waals surface area contributed by atoms with Gasteiger partial charge in [-0.05, 0) is 42.8 Å². The second-order valence-electron chi connectivity index (χ2n) is 6.34. The first-order valence-corrected chi connectivity index (χ1v) is 9.53. The van der Waals surface area contributed by atoms with Gasteiger partial charge in [0.2, 0.25) is 5.91 Å². The Morgan fingerprint density at radius 1 is 1.00 bits per heavy atom. The fourth-order valence-electron chi connectivity index (χ4n) is 2.62. The molecule has 0 aromatic heterocycles. The van der Waals surface area contributed by atoms with Crippen molar-refractivity contribution >= 4 is 23.6 Å². The van der Waals surface area contributed by atoms with E-state index in [1.54, 1.807) is 37.5 Å². The van der Waals surface area contributed by atoms with Crippen LogP contribution >= 0.6 is 0 Å². The van der Waals surface area contributed by atoms with Crippen molar-refractivity contribution in [2.45, 2.75) is 32.6 Å². The lowest BCUT2D eigenvalue weighted by Crippen LogP contribution is -2.09. The van der Waals surface area contributed by atoms with Gasteiger partial charge in [0.05, 0.1) is 19.3 Å². The van der Waals surface area contributed by atoms with Crippen LogP contribution in [0.5, 0.6) is 5.75 Å². The van der Waals surface area contributed by atoms with Crippen LogP contribution in [0.4, 0.5) is 5.69 Å². The fourth-order valence-corrected chi connectivity index (χ4v) is 2.62. The van der Waals surface area contributed by atoms with Crippen LogP contribution in [-0.2, 0) is 9.53 Å². The third-order valence-corrected chi connectivity index (χ3v) is 4.17. The summed E-state index contributed by atoms with van der Waals surface area (Å²) in [7, 11) is 1.59. The van der Waals surface area contributed by atoms with Crippen molar-refractivity contribution in [1.82, 2.24) is 0 Å². The van der Waals surface area contributed by atoms with Crippen LogP contribution in [0.15, 0.2) is 54.6 Å². The predicted molar refractivity (Wildman–Crippen MR) is 112 cm³/mol. The van der Waals surface area contributed by atoms with E-state index in [1.807, 2.05) is 24.3 Å². The quantitative estimate of drug-likeness (QED) is 0.354. The molecule has 0 heterocycles. The third kappa shape index (κ3) is 6.91. The van der Waals surface area contributed by atoms with Gasteiger partial charge in [-0.15, -0.1) is 0 Å². The second-order valence-corrected chi connectivity index (χ2v) is 6.34. The number of hydrogen-bond donors (Lipinski definition) is 1. The second kappa shape index (κ2) is 11.6. The van der Waals surface area contributed by atoms with Crippen molar-refractivity contribution in [2.24, 2.45) is 0 Å². The van der Waals surface area contributed by atoms with E-state index in [-0.39, 0.29) is 11.9 Å². The van der Waals surface area contributed by atoms with Crippen LogP contribution in [0.3, 0.4) is 0 Å². The summed E-state index contributed by atoms with van der Waals surface area (Å²) in [5, 5.41) is 2.76. The zero-order valence-electron chi connectivity index (χ0n) is 16.4. The molecular formula is C23H27NO4. The van der Waals surface area contributed by atoms with E-state index in [0.717, 1.165) is 31.2 Å². The van der Waals surface area contributed by atoms with Crippen molar-refractivity contribution in [2.75, 3.05) is 19.0 Å². The number of ether oxygens (including phenoxy) is 2. The third-order valence-electron chi connectivity index (χ3n) is 4.17. The summed E-state index contributed by atoms with van der Waals surface area (Å²) in [6.45, 7) is 2.58. The SMILES string of the molecule is CCCCCCOC(=O)c1ccc(NC(=O)/C=C/c2ccccc2OC)cc1. The number of carbonyl (C=O) groups is 2. The maximum atomic E-state index is 12.1. The van der Waals surface area contributed by atoms with Gasteiger partial charge in [0.25, 0.3) is 0 Å². The van der Waals surface area contributed by atoms with Crippen LogP contribution < -0.4 is 10.1 Å². The van der Waals surface area contributed by atoms with Gasteiger partial charge in [-0.1, -0.05) is 44.4 Å². The van der Waals surface area contributed by atoms with Gasteiger partial charge in [0, 0.05) is 17.3 Å². The molecule has 0 radical (unpaired) electrons. The van der Waals surface area contributed by atoms with Crippen molar-refractivity contribution in [1.29, 1.82) is 0 Å². The Balaban J connectivity index is 1.85. The first-order chi connectivity index (χ1) is 13.6. The van der Waals surface area contributed by atoms with E-state index < -0.39 is 0 Å². The van der Waals surface area contributed by atoms with Gasteiger partial charge in [-0.25, -0.2) is 4.79 Å². The summed E-state index contributed by atoms with van der Waals surface area (Å²) in [6, 6.07) is 14.1. The first kappa shape index (κ1) is 21.2. The number of amides is 1. The number of benzene rings is 2. The summed E-state index contributed by atoms with van der Waals surface area (Å²) in [4.78, 5) is 24.1. The number of carbonyl (C=O) groups excluding carboxylic acids is 2. The van der Waals surface area contributed by atoms with Crippen molar-refractivity contribution in [3.8, 4) is 5.75 Å². The molecule has 2 aromatic carbocycles. The monoisotopic (exact) mass is 381 g/mol. The Labute approximate surface area is 166 Å². The minimum Gasteiger partial charge on any atom is -0.496 e. The molecule has 0 aliphatic carbocycles. The molecule has 5 heteroatoms. The average molecular weight is 381 g/mol. The molecule has 5 nitrogen and oxygen atoms in total. The molecule has 0 saturated carbocycles. The molecule has 0 unspecified atom stereocenters. The molecule has 0 atom stereocenters. The van der Waals surface area contributed by atoms with E-state index in [0.29, 0.717) is 23.6 Å². The van der Waals surface area contributed by atoms with Crippen molar-refractivity contribution in [3.05, 3.63) is 65.7 Å². The normalized spacial score (nSPS) is 10.6. The molecule has 0 spiro atoms. The van der Waals surface area contributed by atoms with Crippen molar-refractivity contribution in [3.63, 3.8) is 0 Å². The Hall–Kier alpha value is -3.08. The molecule has 0 saturated heterocycles. The summed E-state index contributed by atoms with van der Waals surface area (Å²) in [6.07, 6.45) is 7.38. The van der Waals surface area contributed by atoms with Gasteiger partial charge in [0.1, 0.15) is 5.75 Å². The maximum Gasteiger partial charge on any atom is 0.338 e. The minimum absolute atomic E-state index is 0.267. The molecule has 2 rings (SSSR count). The predicted octanol–water partition coefficient (Wildman–Crippen LogP) is 5.08. The van der Waals surface area contributed by atoms with Gasteiger partial charge >= 0.3 is 5.97 Å². The molecule has 2 aromatic rings. The molecule has 1 N–H and O–H groups in total. The molecule has 148 valence electrons. The minimum atomic E-state index is -0.342. The summed E-state index contributed by atoms with van der Waals surface area (Å²) in [5.41, 5.74) is 1.89. The summed E-state index contributed by atoms with van der Waals surface area (Å²) < 4.78 is 10.5. The highest BCUT2D eigenvalue weighted by molar-refractivity contribution is 6.02. The Morgan fingerprint density at radius 2 is 1.75 bits per heavy atom. The van der Waals surface area contributed by atoms with Crippen LogP contribution in [0.2, 0.25) is 0 Å². The van der Waals surface area contributed by atoms with E-state index in [9.17, 15) is 9.59 Å². The summed E-state index contributed by atoms with van der Waals surface area (Å²) in [5.74, 6) is 0.0895. The van der Waals surface area contributed by atoms with Crippen LogP contribution in [-0.4, -0.2) is 25.6 Å². The van der Waals surface area contributed by atoms with Gasteiger partial charge < -0.3 is 14.8 Å². The van der Waals surface area contributed by atoms with E-state index >= 15 is 0 Å². The van der Waals surface area contributed by atoms with Gasteiger partial charge in [-0.2, -0.15) is 0 Å². The lowest BCUT2D eigenvalue weighted by atomic mass is 10.2. The highest BCUT2D eigenvalue weighted by Gasteiger charge is 2.07. The maximum absolute atomic E-state index is 12.1. The Bertz CT molecular complexity index is 797. The number of rotatable bonds is 10. The molecule has 28 heavy (non-hydrogen) atoms. The van der Waals surface area contributed by atoms with E-state index in [1.165, 1.54) is 6.08 Å². The standard InChI is InChI=1S/C23H27NO4/c1-3-4-5-8-17-28-23(26)19-11-14-20(15-12-19)24-22(25)16-13-18-9-6-7-10-21(18)27-2/h6-7,9-16H,3-5,8,17H2,1-2H3,(H,24,25)/b16-13+. The molecule has 0 aliphatic heterocycles. The molecule has 0 aliphatic rings. The highest BCUT2D eigenvalue weighted by atomic mass is 16.5. The fraction of sp³-hybridized carbons (Fsp3) is 0.304. The number of nitrogens with one attached hydrogen (secondary N) is 1. The van der Waals surface area contributed by atoms with E-state index in [2.05, 4.69) is 12.2 Å².